The van der Waals surface area contributed by atoms with Gasteiger partial charge in [-0.2, -0.15) is 4.98 Å². The first-order valence-corrected chi connectivity index (χ1v) is 5.32. The highest BCUT2D eigenvalue weighted by atomic mass is 16.6. The summed E-state index contributed by atoms with van der Waals surface area (Å²) >= 11 is 0. The lowest BCUT2D eigenvalue weighted by molar-refractivity contribution is -0.385. The monoisotopic (exact) mass is 261 g/mol. The van der Waals surface area contributed by atoms with Gasteiger partial charge in [0.2, 0.25) is 5.82 Å². The summed E-state index contributed by atoms with van der Waals surface area (Å²) in [5, 5.41) is 11.0. The molecule has 8 heteroatoms. The van der Waals surface area contributed by atoms with Crippen LogP contribution in [0.1, 0.15) is 5.56 Å². The predicted octanol–water partition coefficient (Wildman–Crippen LogP) is 1.77. The van der Waals surface area contributed by atoms with Crippen LogP contribution in [0.4, 0.5) is 11.5 Å². The third kappa shape index (κ3) is 2.75. The molecule has 0 aliphatic rings. The highest BCUT2D eigenvalue weighted by Gasteiger charge is 2.24. The SMILES string of the molecule is Cc1ccc(Oc2ncnc(NN)c2[N+](=O)[O-])cc1. The smallest absolute Gasteiger partial charge is 0.374 e. The normalized spacial score (nSPS) is 10.0. The van der Waals surface area contributed by atoms with Crippen molar-refractivity contribution in [1.82, 2.24) is 9.97 Å². The van der Waals surface area contributed by atoms with Crippen molar-refractivity contribution < 1.29 is 9.66 Å². The molecule has 0 radical (unpaired) electrons. The Balaban J connectivity index is 2.39. The van der Waals surface area contributed by atoms with E-state index in [1.54, 1.807) is 12.1 Å². The van der Waals surface area contributed by atoms with E-state index >= 15 is 0 Å². The molecular weight excluding hydrogens is 250 g/mol. The molecule has 0 amide bonds. The van der Waals surface area contributed by atoms with Gasteiger partial charge in [-0.25, -0.2) is 10.8 Å². The van der Waals surface area contributed by atoms with E-state index in [2.05, 4.69) is 15.4 Å². The number of aromatic nitrogens is 2. The van der Waals surface area contributed by atoms with Crippen LogP contribution in [0.3, 0.4) is 0 Å². The molecule has 0 aliphatic carbocycles. The quantitative estimate of drug-likeness (QED) is 0.489. The number of aryl methyl sites for hydroxylation is 1. The van der Waals surface area contributed by atoms with E-state index in [1.165, 1.54) is 0 Å². The standard InChI is InChI=1S/C11H11N5O3/c1-7-2-4-8(5-3-7)19-11-9(16(17)18)10(15-12)13-6-14-11/h2-6H,12H2,1H3,(H,13,14,15). The molecule has 19 heavy (non-hydrogen) atoms. The zero-order valence-electron chi connectivity index (χ0n) is 10.0. The number of ether oxygens (including phenoxy) is 1. The van der Waals surface area contributed by atoms with E-state index in [4.69, 9.17) is 10.6 Å². The third-order valence-electron chi connectivity index (χ3n) is 2.34. The second-order valence-corrected chi connectivity index (χ2v) is 3.69. The van der Waals surface area contributed by atoms with Crippen LogP contribution in [0.2, 0.25) is 0 Å². The molecule has 1 heterocycles. The minimum absolute atomic E-state index is 0.109. The molecular formula is C11H11N5O3. The molecule has 0 bridgehead atoms. The van der Waals surface area contributed by atoms with Crippen molar-refractivity contribution in [3.63, 3.8) is 0 Å². The minimum atomic E-state index is -0.654. The molecule has 0 atom stereocenters. The van der Waals surface area contributed by atoms with E-state index in [1.807, 2.05) is 19.1 Å². The van der Waals surface area contributed by atoms with Gasteiger partial charge in [-0.1, -0.05) is 17.7 Å². The molecule has 1 aromatic heterocycles. The largest absolute Gasteiger partial charge is 0.434 e. The van der Waals surface area contributed by atoms with E-state index < -0.39 is 10.6 Å². The number of hydrogen-bond acceptors (Lipinski definition) is 7. The summed E-state index contributed by atoms with van der Waals surface area (Å²) in [4.78, 5) is 17.8. The molecule has 0 saturated carbocycles. The summed E-state index contributed by atoms with van der Waals surface area (Å²) in [5.74, 6) is 5.33. The Bertz CT molecular complexity index is 600. The number of benzene rings is 1. The number of nitrogens with one attached hydrogen (secondary N) is 1. The van der Waals surface area contributed by atoms with Gasteiger partial charge in [-0.05, 0) is 19.1 Å². The van der Waals surface area contributed by atoms with Crippen LogP contribution in [-0.4, -0.2) is 14.9 Å². The molecule has 0 saturated heterocycles. The predicted molar refractivity (Wildman–Crippen MR) is 67.7 cm³/mol. The van der Waals surface area contributed by atoms with Crippen molar-refractivity contribution in [2.45, 2.75) is 6.92 Å². The first kappa shape index (κ1) is 12.7. The molecule has 0 unspecified atom stereocenters. The number of nitrogen functional groups attached to an aromatic ring is 1. The fourth-order valence-electron chi connectivity index (χ4n) is 1.43. The van der Waals surface area contributed by atoms with Crippen LogP contribution < -0.4 is 16.0 Å². The maximum Gasteiger partial charge on any atom is 0.374 e. The zero-order chi connectivity index (χ0) is 13.8. The second-order valence-electron chi connectivity index (χ2n) is 3.69. The van der Waals surface area contributed by atoms with Crippen molar-refractivity contribution in [3.05, 3.63) is 46.3 Å². The van der Waals surface area contributed by atoms with Crippen LogP contribution in [-0.2, 0) is 0 Å². The van der Waals surface area contributed by atoms with E-state index in [-0.39, 0.29) is 11.7 Å². The Hall–Kier alpha value is -2.74. The number of nitrogens with two attached hydrogens (primary N) is 1. The van der Waals surface area contributed by atoms with Crippen LogP contribution in [0.5, 0.6) is 11.6 Å². The molecule has 0 aliphatic heterocycles. The Morgan fingerprint density at radius 3 is 2.58 bits per heavy atom. The summed E-state index contributed by atoms with van der Waals surface area (Å²) in [6.07, 6.45) is 1.13. The molecule has 0 spiro atoms. The van der Waals surface area contributed by atoms with Gasteiger partial charge in [0.25, 0.3) is 0 Å². The van der Waals surface area contributed by atoms with Crippen LogP contribution >= 0.6 is 0 Å². The van der Waals surface area contributed by atoms with Gasteiger partial charge >= 0.3 is 11.6 Å². The first-order chi connectivity index (χ1) is 9.11. The topological polar surface area (TPSA) is 116 Å². The maximum atomic E-state index is 11.0. The summed E-state index contributed by atoms with van der Waals surface area (Å²) in [5.41, 5.74) is 2.78. The van der Waals surface area contributed by atoms with Gasteiger partial charge < -0.3 is 10.2 Å². The maximum absolute atomic E-state index is 11.0. The average molecular weight is 261 g/mol. The van der Waals surface area contributed by atoms with E-state index in [0.29, 0.717) is 5.75 Å². The number of hydrogen-bond donors (Lipinski definition) is 2. The highest BCUT2D eigenvalue weighted by molar-refractivity contribution is 5.61. The summed E-state index contributed by atoms with van der Waals surface area (Å²) < 4.78 is 5.38. The molecule has 8 nitrogen and oxygen atoms in total. The highest BCUT2D eigenvalue weighted by Crippen LogP contribution is 2.33. The second kappa shape index (κ2) is 5.27. The lowest BCUT2D eigenvalue weighted by Gasteiger charge is -2.07. The summed E-state index contributed by atoms with van der Waals surface area (Å²) in [6.45, 7) is 1.92. The third-order valence-corrected chi connectivity index (χ3v) is 2.34. The Labute approximate surface area is 108 Å². The van der Waals surface area contributed by atoms with Crippen LogP contribution in [0, 0.1) is 17.0 Å². The van der Waals surface area contributed by atoms with E-state index in [0.717, 1.165) is 11.9 Å². The fourth-order valence-corrected chi connectivity index (χ4v) is 1.43. The lowest BCUT2D eigenvalue weighted by Crippen LogP contribution is -2.12. The van der Waals surface area contributed by atoms with Crippen molar-refractivity contribution in [3.8, 4) is 11.6 Å². The number of nitrogens with zero attached hydrogens (tertiary/aromatic N) is 3. The van der Waals surface area contributed by atoms with Crippen LogP contribution in [0.25, 0.3) is 0 Å². The van der Waals surface area contributed by atoms with Crippen molar-refractivity contribution in [1.29, 1.82) is 0 Å². The van der Waals surface area contributed by atoms with Gasteiger partial charge in [-0.15, -0.1) is 0 Å². The molecule has 2 rings (SSSR count). The molecule has 0 fully saturated rings. The van der Waals surface area contributed by atoms with Crippen molar-refractivity contribution in [2.24, 2.45) is 5.84 Å². The lowest BCUT2D eigenvalue weighted by atomic mass is 10.2. The fraction of sp³-hybridized carbons (Fsp3) is 0.0909. The van der Waals surface area contributed by atoms with E-state index in [9.17, 15) is 10.1 Å². The number of anilines is 1. The van der Waals surface area contributed by atoms with Gasteiger partial charge in [0.1, 0.15) is 12.1 Å². The minimum Gasteiger partial charge on any atom is -0.434 e. The Morgan fingerprint density at radius 1 is 1.32 bits per heavy atom. The Kier molecular flexibility index (Phi) is 3.53. The first-order valence-electron chi connectivity index (χ1n) is 5.32. The molecule has 3 N–H and O–H groups in total. The zero-order valence-corrected chi connectivity index (χ0v) is 10.0. The molecule has 2 aromatic rings. The summed E-state index contributed by atoms with van der Waals surface area (Å²) in [7, 11) is 0. The number of hydrazine groups is 1. The van der Waals surface area contributed by atoms with Gasteiger partial charge in [0.15, 0.2) is 0 Å². The van der Waals surface area contributed by atoms with Crippen molar-refractivity contribution >= 4 is 11.5 Å². The van der Waals surface area contributed by atoms with Gasteiger partial charge in [0, 0.05) is 0 Å². The average Bonchev–Trinajstić information content (AvgIpc) is 2.40. The van der Waals surface area contributed by atoms with Gasteiger partial charge in [0.05, 0.1) is 4.92 Å². The number of rotatable bonds is 4. The van der Waals surface area contributed by atoms with Crippen molar-refractivity contribution in [2.75, 3.05) is 5.43 Å². The summed E-state index contributed by atoms with van der Waals surface area (Å²) in [6, 6.07) is 7.03. The Morgan fingerprint density at radius 2 is 2.00 bits per heavy atom. The van der Waals surface area contributed by atoms with Crippen LogP contribution in [0.15, 0.2) is 30.6 Å². The molecule has 98 valence electrons. The molecule has 1 aromatic carbocycles. The van der Waals surface area contributed by atoms with Gasteiger partial charge in [-0.3, -0.25) is 10.1 Å². The number of nitro groups is 1.